The zero-order chi connectivity index (χ0) is 15.5. The van der Waals surface area contributed by atoms with E-state index in [4.69, 9.17) is 25.8 Å². The Balaban J connectivity index is 4.05. The average molecular weight is 309 g/mol. The summed E-state index contributed by atoms with van der Waals surface area (Å²) in [6.45, 7) is 10.7. The monoisotopic (exact) mass is 308 g/mol. The number of carbonyl (C=O) groups is 1. The molecule has 0 aliphatic heterocycles. The van der Waals surface area contributed by atoms with Crippen molar-refractivity contribution in [1.82, 2.24) is 0 Å². The third-order valence-corrected chi connectivity index (χ3v) is 3.30. The van der Waals surface area contributed by atoms with Gasteiger partial charge in [-0.3, -0.25) is 4.79 Å². The average Bonchev–Trinajstić information content (AvgIpc) is 2.42. The van der Waals surface area contributed by atoms with Crippen molar-refractivity contribution in [3.05, 3.63) is 0 Å². The van der Waals surface area contributed by atoms with Gasteiger partial charge in [-0.2, -0.15) is 0 Å². The van der Waals surface area contributed by atoms with E-state index in [9.17, 15) is 4.79 Å². The number of alkyl halides is 1. The Morgan fingerprint density at radius 3 is 2.15 bits per heavy atom. The van der Waals surface area contributed by atoms with Crippen molar-refractivity contribution in [2.24, 2.45) is 11.8 Å². The number of rotatable bonds is 11. The molecular formula is C15H29ClO4. The van der Waals surface area contributed by atoms with Gasteiger partial charge in [0.1, 0.15) is 12.7 Å². The minimum absolute atomic E-state index is 0.0411. The van der Waals surface area contributed by atoms with Crippen LogP contribution in [-0.2, 0) is 19.0 Å². The van der Waals surface area contributed by atoms with Gasteiger partial charge in [0.15, 0.2) is 6.29 Å². The molecule has 0 aliphatic rings. The first-order valence-electron chi connectivity index (χ1n) is 7.44. The molecule has 2 atom stereocenters. The van der Waals surface area contributed by atoms with E-state index in [1.165, 1.54) is 0 Å². The minimum atomic E-state index is -0.354. The van der Waals surface area contributed by atoms with E-state index in [0.29, 0.717) is 12.5 Å². The summed E-state index contributed by atoms with van der Waals surface area (Å²) < 4.78 is 16.4. The minimum Gasteiger partial charge on any atom is -0.463 e. The molecule has 0 aromatic carbocycles. The highest BCUT2D eigenvalue weighted by Crippen LogP contribution is 2.11. The first-order chi connectivity index (χ1) is 9.44. The second-order valence-electron chi connectivity index (χ2n) is 5.35. The second-order valence-corrected chi connectivity index (χ2v) is 5.66. The van der Waals surface area contributed by atoms with Crippen LogP contribution < -0.4 is 0 Å². The summed E-state index contributed by atoms with van der Waals surface area (Å²) in [5, 5.41) is 0. The smallest absolute Gasteiger partial charge is 0.308 e. The SMILES string of the molecule is CCC(CC)C(=O)OCC(CCl)OC(C)OCC(C)C. The van der Waals surface area contributed by atoms with Gasteiger partial charge in [0.2, 0.25) is 0 Å². The van der Waals surface area contributed by atoms with Crippen LogP contribution in [0.1, 0.15) is 47.5 Å². The molecule has 0 radical (unpaired) electrons. The Kier molecular flexibility index (Phi) is 11.2. The maximum absolute atomic E-state index is 11.8. The summed E-state index contributed by atoms with van der Waals surface area (Å²) in [5.74, 6) is 0.499. The van der Waals surface area contributed by atoms with Gasteiger partial charge in [-0.1, -0.05) is 27.7 Å². The highest BCUT2D eigenvalue weighted by atomic mass is 35.5. The normalized spacial score (nSPS) is 14.6. The van der Waals surface area contributed by atoms with Crippen LogP contribution in [0.15, 0.2) is 0 Å². The molecule has 0 saturated heterocycles. The predicted molar refractivity (Wildman–Crippen MR) is 80.9 cm³/mol. The van der Waals surface area contributed by atoms with Crippen LogP contribution >= 0.6 is 11.6 Å². The van der Waals surface area contributed by atoms with Crippen molar-refractivity contribution >= 4 is 17.6 Å². The summed E-state index contributed by atoms with van der Waals surface area (Å²) in [6.07, 6.45) is 0.885. The Labute approximate surface area is 128 Å². The lowest BCUT2D eigenvalue weighted by atomic mass is 10.0. The molecule has 0 bridgehead atoms. The fourth-order valence-corrected chi connectivity index (χ4v) is 1.84. The van der Waals surface area contributed by atoms with Crippen LogP contribution in [-0.4, -0.2) is 37.5 Å². The van der Waals surface area contributed by atoms with E-state index in [-0.39, 0.29) is 36.8 Å². The van der Waals surface area contributed by atoms with Crippen molar-refractivity contribution < 1.29 is 19.0 Å². The highest BCUT2D eigenvalue weighted by Gasteiger charge is 2.19. The number of halogens is 1. The number of hydrogen-bond acceptors (Lipinski definition) is 4. The molecule has 0 amide bonds. The van der Waals surface area contributed by atoms with E-state index in [2.05, 4.69) is 13.8 Å². The largest absolute Gasteiger partial charge is 0.463 e. The Morgan fingerprint density at radius 2 is 1.70 bits per heavy atom. The van der Waals surface area contributed by atoms with Gasteiger partial charge in [-0.05, 0) is 25.7 Å². The molecule has 120 valence electrons. The molecule has 0 aromatic rings. The van der Waals surface area contributed by atoms with Gasteiger partial charge >= 0.3 is 5.97 Å². The van der Waals surface area contributed by atoms with Crippen LogP contribution in [0.4, 0.5) is 0 Å². The van der Waals surface area contributed by atoms with Crippen LogP contribution in [0.3, 0.4) is 0 Å². The molecule has 0 heterocycles. The zero-order valence-electron chi connectivity index (χ0n) is 13.4. The van der Waals surface area contributed by atoms with Crippen molar-refractivity contribution in [3.8, 4) is 0 Å². The number of carbonyl (C=O) groups excluding carboxylic acids is 1. The van der Waals surface area contributed by atoms with Gasteiger partial charge in [-0.25, -0.2) is 0 Å². The van der Waals surface area contributed by atoms with Gasteiger partial charge < -0.3 is 14.2 Å². The van der Waals surface area contributed by atoms with Crippen LogP contribution in [0.2, 0.25) is 0 Å². The fraction of sp³-hybridized carbons (Fsp3) is 0.933. The molecule has 0 saturated carbocycles. The molecule has 0 aliphatic carbocycles. The molecule has 0 aromatic heterocycles. The standard InChI is InChI=1S/C15H29ClO4/c1-6-13(7-2)15(17)19-10-14(8-16)20-12(5)18-9-11(3)4/h11-14H,6-10H2,1-5H3. The molecule has 0 fully saturated rings. The number of hydrogen-bond donors (Lipinski definition) is 0. The topological polar surface area (TPSA) is 44.8 Å². The molecular weight excluding hydrogens is 280 g/mol. The summed E-state index contributed by atoms with van der Waals surface area (Å²) in [7, 11) is 0. The lowest BCUT2D eigenvalue weighted by Gasteiger charge is -2.22. The second kappa shape index (κ2) is 11.4. The molecule has 0 N–H and O–H groups in total. The van der Waals surface area contributed by atoms with Crippen LogP contribution in [0, 0.1) is 11.8 Å². The molecule has 2 unspecified atom stereocenters. The number of ether oxygens (including phenoxy) is 3. The van der Waals surface area contributed by atoms with Crippen molar-refractivity contribution in [1.29, 1.82) is 0 Å². The van der Waals surface area contributed by atoms with Crippen LogP contribution in [0.5, 0.6) is 0 Å². The van der Waals surface area contributed by atoms with Crippen LogP contribution in [0.25, 0.3) is 0 Å². The maximum Gasteiger partial charge on any atom is 0.308 e. The lowest BCUT2D eigenvalue weighted by Crippen LogP contribution is -2.31. The molecule has 20 heavy (non-hydrogen) atoms. The Morgan fingerprint density at radius 1 is 1.10 bits per heavy atom. The third kappa shape index (κ3) is 8.77. The van der Waals surface area contributed by atoms with Crippen molar-refractivity contribution in [2.45, 2.75) is 59.9 Å². The summed E-state index contributed by atoms with van der Waals surface area (Å²) in [4.78, 5) is 11.8. The van der Waals surface area contributed by atoms with E-state index in [0.717, 1.165) is 12.8 Å². The summed E-state index contributed by atoms with van der Waals surface area (Å²) in [5.41, 5.74) is 0. The molecule has 5 heteroatoms. The van der Waals surface area contributed by atoms with Crippen molar-refractivity contribution in [2.75, 3.05) is 19.1 Å². The maximum atomic E-state index is 11.8. The fourth-order valence-electron chi connectivity index (χ4n) is 1.67. The highest BCUT2D eigenvalue weighted by molar-refractivity contribution is 6.18. The molecule has 4 nitrogen and oxygen atoms in total. The Hall–Kier alpha value is -0.320. The molecule has 0 spiro atoms. The third-order valence-electron chi connectivity index (χ3n) is 2.95. The van der Waals surface area contributed by atoms with Gasteiger partial charge in [0.25, 0.3) is 0 Å². The predicted octanol–water partition coefficient (Wildman–Crippen LogP) is 3.61. The van der Waals surface area contributed by atoms with E-state index < -0.39 is 0 Å². The van der Waals surface area contributed by atoms with E-state index in [1.54, 1.807) is 0 Å². The summed E-state index contributed by atoms with van der Waals surface area (Å²) in [6, 6.07) is 0. The van der Waals surface area contributed by atoms with Gasteiger partial charge in [-0.15, -0.1) is 11.6 Å². The quantitative estimate of drug-likeness (QED) is 0.332. The van der Waals surface area contributed by atoms with Gasteiger partial charge in [0, 0.05) is 0 Å². The van der Waals surface area contributed by atoms with Crippen molar-refractivity contribution in [3.63, 3.8) is 0 Å². The Bertz CT molecular complexity index is 254. The first-order valence-corrected chi connectivity index (χ1v) is 7.97. The first kappa shape index (κ1) is 19.7. The lowest BCUT2D eigenvalue weighted by molar-refractivity contribution is -0.179. The van der Waals surface area contributed by atoms with E-state index in [1.807, 2.05) is 20.8 Å². The van der Waals surface area contributed by atoms with E-state index >= 15 is 0 Å². The van der Waals surface area contributed by atoms with Gasteiger partial charge in [0.05, 0.1) is 18.4 Å². The molecule has 0 rings (SSSR count). The summed E-state index contributed by atoms with van der Waals surface area (Å²) >= 11 is 5.83. The zero-order valence-corrected chi connectivity index (χ0v) is 14.1. The number of esters is 1.